The molecule has 12 heavy (non-hydrogen) atoms. The van der Waals surface area contributed by atoms with Crippen molar-refractivity contribution in [2.24, 2.45) is 11.5 Å². The number of carbonyl (C=O) groups is 1. The third-order valence-electron chi connectivity index (χ3n) is 1.88. The Labute approximate surface area is 71.4 Å². The summed E-state index contributed by atoms with van der Waals surface area (Å²) in [6.07, 6.45) is 0. The molecule has 0 unspecified atom stereocenters. The molecule has 0 aliphatic carbocycles. The minimum Gasteiger partial charge on any atom is -0.366 e. The first-order chi connectivity index (χ1) is 5.66. The average molecular weight is 164 g/mol. The summed E-state index contributed by atoms with van der Waals surface area (Å²) in [7, 11) is 0. The zero-order chi connectivity index (χ0) is 9.14. The minimum absolute atomic E-state index is 0.352. The first kappa shape index (κ1) is 8.74. The van der Waals surface area contributed by atoms with Gasteiger partial charge in [-0.2, -0.15) is 0 Å². The molecule has 0 bridgehead atoms. The molecular weight excluding hydrogens is 152 g/mol. The average Bonchev–Trinajstić information content (AvgIpc) is 2.03. The van der Waals surface area contributed by atoms with Gasteiger partial charge in [0.25, 0.3) is 0 Å². The standard InChI is InChI=1S/C9H12N2O/c1-6-3-2-4-7(9(11)12)8(6)5-10/h2-4H,5,10H2,1H3,(H2,11,12). The van der Waals surface area contributed by atoms with Crippen molar-refractivity contribution in [3.05, 3.63) is 34.9 Å². The van der Waals surface area contributed by atoms with Gasteiger partial charge in [-0.25, -0.2) is 0 Å². The molecule has 3 heteroatoms. The van der Waals surface area contributed by atoms with E-state index in [-0.39, 0.29) is 0 Å². The highest BCUT2D eigenvalue weighted by Gasteiger charge is 2.07. The van der Waals surface area contributed by atoms with E-state index in [0.717, 1.165) is 11.1 Å². The molecule has 0 aliphatic heterocycles. The van der Waals surface area contributed by atoms with Crippen molar-refractivity contribution in [1.82, 2.24) is 0 Å². The SMILES string of the molecule is Cc1cccc(C(N)=O)c1CN. The summed E-state index contributed by atoms with van der Waals surface area (Å²) in [6.45, 7) is 2.26. The van der Waals surface area contributed by atoms with Gasteiger partial charge in [0, 0.05) is 12.1 Å². The Balaban J connectivity index is 3.27. The van der Waals surface area contributed by atoms with Crippen LogP contribution in [0.4, 0.5) is 0 Å². The molecule has 0 aromatic heterocycles. The van der Waals surface area contributed by atoms with Gasteiger partial charge in [0.1, 0.15) is 0 Å². The Hall–Kier alpha value is -1.35. The molecule has 3 nitrogen and oxygen atoms in total. The topological polar surface area (TPSA) is 69.1 Å². The molecular formula is C9H12N2O. The highest BCUT2D eigenvalue weighted by atomic mass is 16.1. The van der Waals surface area contributed by atoms with Gasteiger partial charge in [-0.1, -0.05) is 12.1 Å². The Morgan fingerprint density at radius 2 is 2.17 bits per heavy atom. The normalized spacial score (nSPS) is 9.83. The summed E-state index contributed by atoms with van der Waals surface area (Å²) >= 11 is 0. The molecule has 64 valence electrons. The lowest BCUT2D eigenvalue weighted by molar-refractivity contribution is 0.0999. The predicted molar refractivity (Wildman–Crippen MR) is 47.6 cm³/mol. The number of rotatable bonds is 2. The highest BCUT2D eigenvalue weighted by molar-refractivity contribution is 5.94. The predicted octanol–water partition coefficient (Wildman–Crippen LogP) is 0.553. The zero-order valence-electron chi connectivity index (χ0n) is 7.00. The van der Waals surface area contributed by atoms with Gasteiger partial charge < -0.3 is 11.5 Å². The van der Waals surface area contributed by atoms with E-state index in [4.69, 9.17) is 11.5 Å². The number of hydrogen-bond acceptors (Lipinski definition) is 2. The summed E-state index contributed by atoms with van der Waals surface area (Å²) in [5.74, 6) is -0.417. The van der Waals surface area contributed by atoms with Crippen molar-refractivity contribution in [3.63, 3.8) is 0 Å². The summed E-state index contributed by atoms with van der Waals surface area (Å²) in [5, 5.41) is 0. The Morgan fingerprint density at radius 1 is 1.50 bits per heavy atom. The molecule has 0 saturated heterocycles. The lowest BCUT2D eigenvalue weighted by Gasteiger charge is -2.06. The van der Waals surface area contributed by atoms with Crippen LogP contribution in [-0.4, -0.2) is 5.91 Å². The van der Waals surface area contributed by atoms with Crippen LogP contribution in [-0.2, 0) is 6.54 Å². The van der Waals surface area contributed by atoms with Gasteiger partial charge in [-0.15, -0.1) is 0 Å². The van der Waals surface area contributed by atoms with Crippen LogP contribution in [0.3, 0.4) is 0 Å². The van der Waals surface area contributed by atoms with Gasteiger partial charge in [0.2, 0.25) is 5.91 Å². The molecule has 4 N–H and O–H groups in total. The van der Waals surface area contributed by atoms with Crippen molar-refractivity contribution in [2.75, 3.05) is 0 Å². The quantitative estimate of drug-likeness (QED) is 0.670. The van der Waals surface area contributed by atoms with Crippen LogP contribution in [0.1, 0.15) is 21.5 Å². The molecule has 0 atom stereocenters. The fourth-order valence-electron chi connectivity index (χ4n) is 1.20. The van der Waals surface area contributed by atoms with Crippen LogP contribution in [0.25, 0.3) is 0 Å². The smallest absolute Gasteiger partial charge is 0.249 e. The van der Waals surface area contributed by atoms with Crippen LogP contribution in [0, 0.1) is 6.92 Å². The second-order valence-corrected chi connectivity index (χ2v) is 2.67. The summed E-state index contributed by atoms with van der Waals surface area (Å²) in [4.78, 5) is 10.9. The van der Waals surface area contributed by atoms with Gasteiger partial charge in [-0.3, -0.25) is 4.79 Å². The minimum atomic E-state index is -0.417. The molecule has 1 rings (SSSR count). The van der Waals surface area contributed by atoms with Crippen LogP contribution in [0.5, 0.6) is 0 Å². The molecule has 1 aromatic carbocycles. The van der Waals surface area contributed by atoms with Crippen molar-refractivity contribution in [3.8, 4) is 0 Å². The lowest BCUT2D eigenvalue weighted by Crippen LogP contribution is -2.16. The third-order valence-corrected chi connectivity index (χ3v) is 1.88. The number of primary amides is 1. The number of amides is 1. The van der Waals surface area contributed by atoms with E-state index in [2.05, 4.69) is 0 Å². The number of benzene rings is 1. The fourth-order valence-corrected chi connectivity index (χ4v) is 1.20. The largest absolute Gasteiger partial charge is 0.366 e. The first-order valence-electron chi connectivity index (χ1n) is 3.75. The Bertz CT molecular complexity index is 307. The van der Waals surface area contributed by atoms with Gasteiger partial charge in [0.05, 0.1) is 0 Å². The van der Waals surface area contributed by atoms with E-state index in [0.29, 0.717) is 12.1 Å². The third kappa shape index (κ3) is 1.46. The molecule has 0 aliphatic rings. The van der Waals surface area contributed by atoms with Crippen LogP contribution < -0.4 is 11.5 Å². The maximum Gasteiger partial charge on any atom is 0.249 e. The lowest BCUT2D eigenvalue weighted by atomic mass is 10.0. The van der Waals surface area contributed by atoms with Crippen LogP contribution in [0.15, 0.2) is 18.2 Å². The maximum absolute atomic E-state index is 10.9. The summed E-state index contributed by atoms with van der Waals surface area (Å²) in [6, 6.07) is 5.40. The van der Waals surface area contributed by atoms with Crippen molar-refractivity contribution >= 4 is 5.91 Å². The Morgan fingerprint density at radius 3 is 2.58 bits per heavy atom. The number of hydrogen-bond donors (Lipinski definition) is 2. The van der Waals surface area contributed by atoms with E-state index in [1.807, 2.05) is 13.0 Å². The van der Waals surface area contributed by atoms with Crippen LogP contribution in [0.2, 0.25) is 0 Å². The maximum atomic E-state index is 10.9. The van der Waals surface area contributed by atoms with Gasteiger partial charge >= 0.3 is 0 Å². The van der Waals surface area contributed by atoms with Crippen molar-refractivity contribution in [2.45, 2.75) is 13.5 Å². The molecule has 0 heterocycles. The van der Waals surface area contributed by atoms with Crippen LogP contribution >= 0.6 is 0 Å². The second-order valence-electron chi connectivity index (χ2n) is 2.67. The van der Waals surface area contributed by atoms with E-state index >= 15 is 0 Å². The number of aryl methyl sites for hydroxylation is 1. The molecule has 0 radical (unpaired) electrons. The molecule has 0 fully saturated rings. The fraction of sp³-hybridized carbons (Fsp3) is 0.222. The zero-order valence-corrected chi connectivity index (χ0v) is 7.00. The van der Waals surface area contributed by atoms with Crippen molar-refractivity contribution in [1.29, 1.82) is 0 Å². The second kappa shape index (κ2) is 3.36. The Kier molecular flexibility index (Phi) is 2.45. The van der Waals surface area contributed by atoms with E-state index in [1.165, 1.54) is 0 Å². The van der Waals surface area contributed by atoms with E-state index < -0.39 is 5.91 Å². The number of carbonyl (C=O) groups excluding carboxylic acids is 1. The summed E-state index contributed by atoms with van der Waals surface area (Å²) < 4.78 is 0. The molecule has 0 saturated carbocycles. The molecule has 1 amide bonds. The molecule has 0 spiro atoms. The van der Waals surface area contributed by atoms with Gasteiger partial charge in [-0.05, 0) is 24.1 Å². The molecule has 1 aromatic rings. The highest BCUT2D eigenvalue weighted by Crippen LogP contribution is 2.12. The first-order valence-corrected chi connectivity index (χ1v) is 3.75. The van der Waals surface area contributed by atoms with E-state index in [9.17, 15) is 4.79 Å². The monoisotopic (exact) mass is 164 g/mol. The summed E-state index contributed by atoms with van der Waals surface area (Å²) in [5.41, 5.74) is 13.0. The van der Waals surface area contributed by atoms with E-state index in [1.54, 1.807) is 12.1 Å². The number of nitrogens with two attached hydrogens (primary N) is 2. The van der Waals surface area contributed by atoms with Gasteiger partial charge in [0.15, 0.2) is 0 Å². The van der Waals surface area contributed by atoms with Crippen molar-refractivity contribution < 1.29 is 4.79 Å².